The maximum Gasteiger partial charge on any atom is 0.191 e. The molecule has 4 rings (SSSR count). The van der Waals surface area contributed by atoms with Gasteiger partial charge >= 0.3 is 0 Å². The Morgan fingerprint density at radius 2 is 1.83 bits per heavy atom. The van der Waals surface area contributed by atoms with Gasteiger partial charge in [-0.15, -0.1) is 11.3 Å². The van der Waals surface area contributed by atoms with Gasteiger partial charge in [0.1, 0.15) is 0 Å². The molecule has 0 radical (unpaired) electrons. The Kier molecular flexibility index (Phi) is 7.06. The van der Waals surface area contributed by atoms with E-state index in [4.69, 9.17) is 0 Å². The maximum atomic E-state index is 4.51. The highest BCUT2D eigenvalue weighted by Gasteiger charge is 2.24. The summed E-state index contributed by atoms with van der Waals surface area (Å²) in [5.41, 5.74) is 1.39. The van der Waals surface area contributed by atoms with Crippen LogP contribution < -0.4 is 15.5 Å². The number of hydrogen-bond donors (Lipinski definition) is 2. The van der Waals surface area contributed by atoms with Crippen LogP contribution in [-0.4, -0.2) is 56.7 Å². The van der Waals surface area contributed by atoms with Crippen LogP contribution >= 0.6 is 11.3 Å². The summed E-state index contributed by atoms with van der Waals surface area (Å²) < 4.78 is 0. The lowest BCUT2D eigenvalue weighted by atomic mass is 10.0. The third-order valence-electron chi connectivity index (χ3n) is 6.11. The quantitative estimate of drug-likeness (QED) is 0.562. The fourth-order valence-corrected chi connectivity index (χ4v) is 5.25. The molecule has 2 N–H and O–H groups in total. The molecule has 2 saturated heterocycles. The van der Waals surface area contributed by atoms with Crippen molar-refractivity contribution in [1.29, 1.82) is 0 Å². The molecule has 2 aliphatic rings. The number of piperidine rings is 1. The first-order valence-electron chi connectivity index (χ1n) is 10.9. The smallest absolute Gasteiger partial charge is 0.191 e. The van der Waals surface area contributed by atoms with Crippen LogP contribution in [0.4, 0.5) is 5.00 Å². The number of rotatable bonds is 6. The average molecular weight is 412 g/mol. The fraction of sp³-hybridized carbons (Fsp3) is 0.522. The molecule has 0 aliphatic carbocycles. The Morgan fingerprint density at radius 1 is 1.07 bits per heavy atom. The van der Waals surface area contributed by atoms with E-state index in [2.05, 4.69) is 73.3 Å². The van der Waals surface area contributed by atoms with Gasteiger partial charge in [0.25, 0.3) is 0 Å². The molecule has 29 heavy (non-hydrogen) atoms. The summed E-state index contributed by atoms with van der Waals surface area (Å²) >= 11 is 1.84. The molecule has 0 bridgehead atoms. The van der Waals surface area contributed by atoms with Crippen LogP contribution in [0, 0.1) is 0 Å². The molecule has 0 spiro atoms. The van der Waals surface area contributed by atoms with Crippen molar-refractivity contribution in [3.8, 4) is 0 Å². The Bertz CT molecular complexity index is 747. The second-order valence-electron chi connectivity index (χ2n) is 7.98. The van der Waals surface area contributed by atoms with Gasteiger partial charge in [0.2, 0.25) is 0 Å². The van der Waals surface area contributed by atoms with Crippen LogP contribution in [0.3, 0.4) is 0 Å². The molecule has 0 saturated carbocycles. The summed E-state index contributed by atoms with van der Waals surface area (Å²) in [5, 5.41) is 10.8. The molecular weight excluding hydrogens is 378 g/mol. The van der Waals surface area contributed by atoms with E-state index in [0.29, 0.717) is 12.1 Å². The predicted octanol–water partition coefficient (Wildman–Crippen LogP) is 3.72. The minimum Gasteiger partial charge on any atom is -0.363 e. The van der Waals surface area contributed by atoms with Crippen molar-refractivity contribution >= 4 is 22.3 Å². The highest BCUT2D eigenvalue weighted by atomic mass is 32.1. The molecular formula is C23H33N5S. The summed E-state index contributed by atoms with van der Waals surface area (Å²) in [6, 6.07) is 16.1. The number of hydrogen-bond acceptors (Lipinski definition) is 4. The van der Waals surface area contributed by atoms with Gasteiger partial charge in [0, 0.05) is 32.7 Å². The molecule has 1 atom stereocenters. The standard InChI is InChI=1S/C23H33N5S/c1-24-23(26-20-11-15-28(16-12-20)22-10-7-17-29-22)25-18-21(27-13-5-6-14-27)19-8-3-2-4-9-19/h2-4,7-10,17,20-21H,5-6,11-16,18H2,1H3,(H2,24,25,26). The lowest BCUT2D eigenvalue weighted by molar-refractivity contribution is 0.245. The van der Waals surface area contributed by atoms with Crippen molar-refractivity contribution in [2.24, 2.45) is 4.99 Å². The minimum atomic E-state index is 0.401. The molecule has 2 aliphatic heterocycles. The summed E-state index contributed by atoms with van der Waals surface area (Å²) in [7, 11) is 1.88. The number of benzene rings is 1. The van der Waals surface area contributed by atoms with E-state index < -0.39 is 0 Å². The van der Waals surface area contributed by atoms with E-state index in [9.17, 15) is 0 Å². The molecule has 156 valence electrons. The van der Waals surface area contributed by atoms with Gasteiger partial charge in [-0.25, -0.2) is 0 Å². The number of nitrogens with one attached hydrogen (secondary N) is 2. The Balaban J connectivity index is 1.30. The van der Waals surface area contributed by atoms with E-state index in [1.807, 2.05) is 18.4 Å². The van der Waals surface area contributed by atoms with Crippen molar-refractivity contribution in [2.75, 3.05) is 44.7 Å². The molecule has 5 nitrogen and oxygen atoms in total. The van der Waals surface area contributed by atoms with Gasteiger partial charge in [-0.3, -0.25) is 9.89 Å². The first-order valence-corrected chi connectivity index (χ1v) is 11.8. The first-order chi connectivity index (χ1) is 14.3. The van der Waals surface area contributed by atoms with Crippen LogP contribution in [0.2, 0.25) is 0 Å². The Morgan fingerprint density at radius 3 is 2.48 bits per heavy atom. The normalized spacial score (nSPS) is 20.0. The van der Waals surface area contributed by atoms with E-state index in [0.717, 1.165) is 38.4 Å². The zero-order valence-electron chi connectivity index (χ0n) is 17.4. The van der Waals surface area contributed by atoms with E-state index in [1.165, 1.54) is 36.5 Å². The molecule has 6 heteroatoms. The van der Waals surface area contributed by atoms with Gasteiger partial charge in [-0.2, -0.15) is 0 Å². The van der Waals surface area contributed by atoms with Crippen molar-refractivity contribution < 1.29 is 0 Å². The number of nitrogens with zero attached hydrogens (tertiary/aromatic N) is 3. The van der Waals surface area contributed by atoms with Crippen molar-refractivity contribution in [3.05, 3.63) is 53.4 Å². The second kappa shape index (κ2) is 10.1. The predicted molar refractivity (Wildman–Crippen MR) is 124 cm³/mol. The van der Waals surface area contributed by atoms with Gasteiger partial charge < -0.3 is 15.5 Å². The van der Waals surface area contributed by atoms with Crippen LogP contribution in [0.25, 0.3) is 0 Å². The van der Waals surface area contributed by atoms with E-state index in [1.54, 1.807) is 0 Å². The summed E-state index contributed by atoms with van der Waals surface area (Å²) in [6.07, 6.45) is 4.90. The van der Waals surface area contributed by atoms with Crippen LogP contribution in [0.1, 0.15) is 37.3 Å². The highest BCUT2D eigenvalue weighted by molar-refractivity contribution is 7.14. The van der Waals surface area contributed by atoms with Crippen LogP contribution in [-0.2, 0) is 0 Å². The first kappa shape index (κ1) is 20.2. The van der Waals surface area contributed by atoms with E-state index in [-0.39, 0.29) is 0 Å². The van der Waals surface area contributed by atoms with Crippen LogP contribution in [0.5, 0.6) is 0 Å². The van der Waals surface area contributed by atoms with E-state index >= 15 is 0 Å². The molecule has 3 heterocycles. The van der Waals surface area contributed by atoms with Crippen LogP contribution in [0.15, 0.2) is 52.8 Å². The van der Waals surface area contributed by atoms with Gasteiger partial charge in [0.15, 0.2) is 5.96 Å². The van der Waals surface area contributed by atoms with Gasteiger partial charge in [-0.05, 0) is 61.8 Å². The van der Waals surface area contributed by atoms with Crippen molar-refractivity contribution in [1.82, 2.24) is 15.5 Å². The molecule has 2 fully saturated rings. The summed E-state index contributed by atoms with van der Waals surface area (Å²) in [5.74, 6) is 0.930. The minimum absolute atomic E-state index is 0.401. The van der Waals surface area contributed by atoms with Crippen molar-refractivity contribution in [2.45, 2.75) is 37.8 Å². The molecule has 1 aromatic carbocycles. The zero-order chi connectivity index (χ0) is 19.9. The third-order valence-corrected chi connectivity index (χ3v) is 7.03. The Labute approximate surface area is 178 Å². The highest BCUT2D eigenvalue weighted by Crippen LogP contribution is 2.26. The topological polar surface area (TPSA) is 42.9 Å². The number of thiophene rings is 1. The van der Waals surface area contributed by atoms with Gasteiger partial charge in [0.05, 0.1) is 11.0 Å². The SMILES string of the molecule is CN=C(NCC(c1ccccc1)N1CCCC1)NC1CCN(c2cccs2)CC1. The fourth-order valence-electron chi connectivity index (χ4n) is 4.46. The second-order valence-corrected chi connectivity index (χ2v) is 8.91. The number of likely N-dealkylation sites (tertiary alicyclic amines) is 1. The average Bonchev–Trinajstić information content (AvgIpc) is 3.49. The molecule has 2 aromatic rings. The lowest BCUT2D eigenvalue weighted by Crippen LogP contribution is -2.50. The van der Waals surface area contributed by atoms with Crippen molar-refractivity contribution in [3.63, 3.8) is 0 Å². The molecule has 1 aromatic heterocycles. The molecule has 0 amide bonds. The molecule has 1 unspecified atom stereocenters. The summed E-state index contributed by atoms with van der Waals surface area (Å²) in [4.78, 5) is 9.61. The monoisotopic (exact) mass is 411 g/mol. The lowest BCUT2D eigenvalue weighted by Gasteiger charge is -2.34. The summed E-state index contributed by atoms with van der Waals surface area (Å²) in [6.45, 7) is 5.48. The zero-order valence-corrected chi connectivity index (χ0v) is 18.2. The Hall–Kier alpha value is -2.05. The largest absolute Gasteiger partial charge is 0.363 e. The number of guanidine groups is 1. The maximum absolute atomic E-state index is 4.51. The number of aliphatic imine (C=N–C) groups is 1. The third kappa shape index (κ3) is 5.31. The number of anilines is 1. The van der Waals surface area contributed by atoms with Gasteiger partial charge in [-0.1, -0.05) is 30.3 Å².